The second-order valence-corrected chi connectivity index (χ2v) is 7.31. The first-order valence-corrected chi connectivity index (χ1v) is 9.48. The molecule has 146 valence electrons. The van der Waals surface area contributed by atoms with Gasteiger partial charge in [-0.05, 0) is 25.0 Å². The molecule has 1 aromatic carbocycles. The highest BCUT2D eigenvalue weighted by molar-refractivity contribution is 5.90. The van der Waals surface area contributed by atoms with E-state index in [0.29, 0.717) is 36.3 Å². The largest absolute Gasteiger partial charge is 0.444 e. The van der Waals surface area contributed by atoms with E-state index in [0.717, 1.165) is 18.4 Å². The first kappa shape index (κ1) is 18.2. The van der Waals surface area contributed by atoms with Crippen molar-refractivity contribution in [1.29, 1.82) is 0 Å². The number of nitrogens with zero attached hydrogens (tertiary/aromatic N) is 4. The number of piperidine rings is 1. The molecule has 28 heavy (non-hydrogen) atoms. The number of carbonyl (C=O) groups excluding carboxylic acids is 1. The fourth-order valence-electron chi connectivity index (χ4n) is 3.32. The van der Waals surface area contributed by atoms with Crippen molar-refractivity contribution < 1.29 is 13.7 Å². The molecule has 0 aliphatic carbocycles. The first-order chi connectivity index (χ1) is 13.6. The summed E-state index contributed by atoms with van der Waals surface area (Å²) in [6.45, 7) is 5.33. The van der Waals surface area contributed by atoms with E-state index in [-0.39, 0.29) is 17.9 Å². The van der Waals surface area contributed by atoms with Gasteiger partial charge in [0, 0.05) is 30.3 Å². The van der Waals surface area contributed by atoms with Gasteiger partial charge in [0.15, 0.2) is 18.0 Å². The number of benzene rings is 1. The zero-order chi connectivity index (χ0) is 19.5. The van der Waals surface area contributed by atoms with Crippen LogP contribution in [0.25, 0.3) is 11.3 Å². The van der Waals surface area contributed by atoms with Crippen LogP contribution in [0.15, 0.2) is 45.8 Å². The highest BCUT2D eigenvalue weighted by Gasteiger charge is 2.29. The molecule has 2 amide bonds. The topological polar surface area (TPSA) is 97.3 Å². The van der Waals surface area contributed by atoms with Crippen LogP contribution in [0, 0.1) is 0 Å². The molecule has 0 radical (unpaired) electrons. The van der Waals surface area contributed by atoms with E-state index in [9.17, 15) is 4.79 Å². The van der Waals surface area contributed by atoms with Crippen LogP contribution in [0.5, 0.6) is 0 Å². The van der Waals surface area contributed by atoms with Gasteiger partial charge in [0.2, 0.25) is 5.89 Å². The third-order valence-electron chi connectivity index (χ3n) is 4.86. The van der Waals surface area contributed by atoms with E-state index >= 15 is 0 Å². The van der Waals surface area contributed by atoms with Crippen LogP contribution >= 0.6 is 0 Å². The Morgan fingerprint density at radius 3 is 3.00 bits per heavy atom. The zero-order valence-corrected chi connectivity index (χ0v) is 16.0. The maximum absolute atomic E-state index is 12.8. The van der Waals surface area contributed by atoms with Gasteiger partial charge in [0.25, 0.3) is 0 Å². The summed E-state index contributed by atoms with van der Waals surface area (Å²) < 4.78 is 10.8. The van der Waals surface area contributed by atoms with Crippen LogP contribution in [-0.2, 0) is 0 Å². The quantitative estimate of drug-likeness (QED) is 0.725. The Bertz CT molecular complexity index is 935. The monoisotopic (exact) mass is 381 g/mol. The average Bonchev–Trinajstić information content (AvgIpc) is 3.40. The number of likely N-dealkylation sites (tertiary alicyclic amines) is 1. The van der Waals surface area contributed by atoms with Crippen molar-refractivity contribution in [1.82, 2.24) is 20.0 Å². The first-order valence-electron chi connectivity index (χ1n) is 9.48. The predicted octanol–water partition coefficient (Wildman–Crippen LogP) is 4.26. The van der Waals surface area contributed by atoms with Crippen LogP contribution in [0.3, 0.4) is 0 Å². The van der Waals surface area contributed by atoms with Crippen molar-refractivity contribution in [3.8, 4) is 11.3 Å². The molecule has 0 bridgehead atoms. The van der Waals surface area contributed by atoms with Gasteiger partial charge in [-0.1, -0.05) is 31.1 Å². The molecule has 8 nitrogen and oxygen atoms in total. The SMILES string of the molecule is CC(C)c1noc([C@H]2CCCN(C(=O)Nc3cccc(-c4cnco4)c3)C2)n1. The van der Waals surface area contributed by atoms with Crippen molar-refractivity contribution in [2.24, 2.45) is 0 Å². The normalized spacial score (nSPS) is 17.1. The van der Waals surface area contributed by atoms with Gasteiger partial charge in [0.05, 0.1) is 12.1 Å². The third-order valence-corrected chi connectivity index (χ3v) is 4.86. The molecule has 4 rings (SSSR count). The van der Waals surface area contributed by atoms with Crippen LogP contribution in [-0.4, -0.2) is 39.1 Å². The Kier molecular flexibility index (Phi) is 5.10. The molecule has 0 spiro atoms. The molecule has 0 unspecified atom stereocenters. The van der Waals surface area contributed by atoms with Crippen molar-refractivity contribution in [3.05, 3.63) is 48.6 Å². The zero-order valence-electron chi connectivity index (χ0n) is 16.0. The van der Waals surface area contributed by atoms with Gasteiger partial charge in [-0.15, -0.1) is 0 Å². The van der Waals surface area contributed by atoms with Crippen molar-refractivity contribution in [3.63, 3.8) is 0 Å². The maximum atomic E-state index is 12.8. The highest BCUT2D eigenvalue weighted by atomic mass is 16.5. The minimum atomic E-state index is -0.136. The van der Waals surface area contributed by atoms with Crippen LogP contribution in [0.4, 0.5) is 10.5 Å². The Morgan fingerprint density at radius 1 is 1.36 bits per heavy atom. The van der Waals surface area contributed by atoms with E-state index in [1.165, 1.54) is 6.39 Å². The lowest BCUT2D eigenvalue weighted by Gasteiger charge is -2.31. The lowest BCUT2D eigenvalue weighted by atomic mass is 9.98. The van der Waals surface area contributed by atoms with Crippen LogP contribution < -0.4 is 5.32 Å². The molecule has 1 saturated heterocycles. The summed E-state index contributed by atoms with van der Waals surface area (Å²) in [6.07, 6.45) is 4.86. The Labute approximate surface area is 162 Å². The van der Waals surface area contributed by atoms with E-state index in [1.807, 2.05) is 38.1 Å². The smallest absolute Gasteiger partial charge is 0.321 e. The number of hydrogen-bond acceptors (Lipinski definition) is 6. The molecule has 3 heterocycles. The Balaban J connectivity index is 1.42. The molecule has 3 aromatic rings. The lowest BCUT2D eigenvalue weighted by molar-refractivity contribution is 0.184. The number of hydrogen-bond donors (Lipinski definition) is 1. The number of oxazole rings is 1. The molecule has 1 N–H and O–H groups in total. The number of rotatable bonds is 4. The molecular weight excluding hydrogens is 358 g/mol. The fourth-order valence-corrected chi connectivity index (χ4v) is 3.32. The van der Waals surface area contributed by atoms with Crippen LogP contribution in [0.2, 0.25) is 0 Å². The average molecular weight is 381 g/mol. The molecule has 1 fully saturated rings. The number of urea groups is 1. The van der Waals surface area contributed by atoms with Gasteiger partial charge >= 0.3 is 6.03 Å². The van der Waals surface area contributed by atoms with Gasteiger partial charge in [-0.25, -0.2) is 9.78 Å². The molecule has 1 aliphatic heterocycles. The Morgan fingerprint density at radius 2 is 2.25 bits per heavy atom. The predicted molar refractivity (Wildman–Crippen MR) is 103 cm³/mol. The van der Waals surface area contributed by atoms with Crippen molar-refractivity contribution in [2.45, 2.75) is 38.5 Å². The van der Waals surface area contributed by atoms with Gasteiger partial charge < -0.3 is 19.2 Å². The van der Waals surface area contributed by atoms with Gasteiger partial charge in [-0.2, -0.15) is 4.98 Å². The summed E-state index contributed by atoms with van der Waals surface area (Å²) >= 11 is 0. The molecule has 8 heteroatoms. The molecule has 1 aliphatic rings. The molecule has 1 atom stereocenters. The summed E-state index contributed by atoms with van der Waals surface area (Å²) in [7, 11) is 0. The van der Waals surface area contributed by atoms with Crippen molar-refractivity contribution in [2.75, 3.05) is 18.4 Å². The third kappa shape index (κ3) is 3.90. The summed E-state index contributed by atoms with van der Waals surface area (Å²) in [5.74, 6) is 2.28. The maximum Gasteiger partial charge on any atom is 0.321 e. The number of anilines is 1. The molecule has 2 aromatic heterocycles. The standard InChI is InChI=1S/C20H23N5O3/c1-13(2)18-23-19(28-24-18)15-6-4-8-25(11-15)20(26)22-16-7-3-5-14(9-16)17-10-21-12-27-17/h3,5,7,9-10,12-13,15H,4,6,8,11H2,1-2H3,(H,22,26)/t15-/m0/s1. The van der Waals surface area contributed by atoms with Gasteiger partial charge in [0.1, 0.15) is 0 Å². The lowest BCUT2D eigenvalue weighted by Crippen LogP contribution is -2.41. The molecular formula is C20H23N5O3. The summed E-state index contributed by atoms with van der Waals surface area (Å²) in [5, 5.41) is 7.01. The molecule has 0 saturated carbocycles. The Hall–Kier alpha value is -3.16. The number of nitrogens with one attached hydrogen (secondary N) is 1. The van der Waals surface area contributed by atoms with E-state index in [2.05, 4.69) is 20.4 Å². The number of amides is 2. The summed E-state index contributed by atoms with van der Waals surface area (Å²) in [5.41, 5.74) is 1.57. The number of carbonyl (C=O) groups is 1. The van der Waals surface area contributed by atoms with Crippen molar-refractivity contribution >= 4 is 11.7 Å². The minimum Gasteiger partial charge on any atom is -0.444 e. The van der Waals surface area contributed by atoms with E-state index < -0.39 is 0 Å². The highest BCUT2D eigenvalue weighted by Crippen LogP contribution is 2.28. The second kappa shape index (κ2) is 7.84. The van der Waals surface area contributed by atoms with E-state index in [4.69, 9.17) is 8.94 Å². The van der Waals surface area contributed by atoms with E-state index in [1.54, 1.807) is 11.1 Å². The minimum absolute atomic E-state index is 0.0695. The number of aromatic nitrogens is 3. The summed E-state index contributed by atoms with van der Waals surface area (Å²) in [6, 6.07) is 7.37. The summed E-state index contributed by atoms with van der Waals surface area (Å²) in [4.78, 5) is 23.0. The van der Waals surface area contributed by atoms with Crippen LogP contribution in [0.1, 0.15) is 50.2 Å². The fraction of sp³-hybridized carbons (Fsp3) is 0.400. The second-order valence-electron chi connectivity index (χ2n) is 7.31. The van der Waals surface area contributed by atoms with Gasteiger partial charge in [-0.3, -0.25) is 0 Å².